The highest BCUT2D eigenvalue weighted by molar-refractivity contribution is 6.20. The van der Waals surface area contributed by atoms with Crippen molar-refractivity contribution in [3.8, 4) is 0 Å². The van der Waals surface area contributed by atoms with Gasteiger partial charge in [-0.1, -0.05) is 0 Å². The molecular formula is C11H15ClN2O2. The van der Waals surface area contributed by atoms with Gasteiger partial charge in [0.05, 0.1) is 5.56 Å². The first-order valence-electron chi connectivity index (χ1n) is 5.09. The highest BCUT2D eigenvalue weighted by atomic mass is 35.5. The number of carbonyl (C=O) groups excluding carboxylic acids is 1. The minimum Gasteiger partial charge on any atom is -0.342 e. The van der Waals surface area contributed by atoms with Crippen LogP contribution in [0.5, 0.6) is 0 Å². The van der Waals surface area contributed by atoms with Crippen molar-refractivity contribution in [1.29, 1.82) is 0 Å². The lowest BCUT2D eigenvalue weighted by Crippen LogP contribution is -2.29. The Morgan fingerprint density at radius 3 is 2.75 bits per heavy atom. The summed E-state index contributed by atoms with van der Waals surface area (Å²) in [4.78, 5) is 26.7. The summed E-state index contributed by atoms with van der Waals surface area (Å²) in [6, 6.07) is 2.85. The summed E-state index contributed by atoms with van der Waals surface area (Å²) >= 11 is 5.81. The Hall–Kier alpha value is -1.29. The highest BCUT2D eigenvalue weighted by Crippen LogP contribution is 2.04. The van der Waals surface area contributed by atoms with Gasteiger partial charge in [-0.15, -0.1) is 11.6 Å². The van der Waals surface area contributed by atoms with E-state index in [4.69, 9.17) is 11.6 Å². The molecule has 1 N–H and O–H groups in total. The number of nitrogens with one attached hydrogen (secondary N) is 1. The van der Waals surface area contributed by atoms with Crippen molar-refractivity contribution in [2.75, 3.05) is 13.6 Å². The molecule has 0 radical (unpaired) electrons. The number of amides is 1. The maximum Gasteiger partial charge on any atom is 0.255 e. The highest BCUT2D eigenvalue weighted by Gasteiger charge is 2.11. The summed E-state index contributed by atoms with van der Waals surface area (Å²) in [5.74, 6) is -0.117. The van der Waals surface area contributed by atoms with Crippen LogP contribution in [0.4, 0.5) is 0 Å². The molecular weight excluding hydrogens is 228 g/mol. The van der Waals surface area contributed by atoms with Gasteiger partial charge < -0.3 is 9.88 Å². The summed E-state index contributed by atoms with van der Waals surface area (Å²) in [7, 11) is 1.71. The van der Waals surface area contributed by atoms with Crippen LogP contribution in [0.2, 0.25) is 0 Å². The summed E-state index contributed by atoms with van der Waals surface area (Å²) in [5, 5.41) is 0.0471. The average Bonchev–Trinajstić information content (AvgIpc) is 2.26. The fourth-order valence-corrected chi connectivity index (χ4v) is 1.33. The minimum absolute atomic E-state index is 0.0471. The van der Waals surface area contributed by atoms with E-state index in [1.807, 2.05) is 6.92 Å². The first-order valence-corrected chi connectivity index (χ1v) is 5.52. The lowest BCUT2D eigenvalue weighted by atomic mass is 10.2. The van der Waals surface area contributed by atoms with E-state index in [0.29, 0.717) is 12.1 Å². The number of aromatic nitrogens is 1. The van der Waals surface area contributed by atoms with E-state index in [0.717, 1.165) is 6.42 Å². The Kier molecular flexibility index (Phi) is 4.55. The van der Waals surface area contributed by atoms with Crippen LogP contribution < -0.4 is 5.56 Å². The zero-order valence-electron chi connectivity index (χ0n) is 9.37. The number of H-pyrrole nitrogens is 1. The van der Waals surface area contributed by atoms with Crippen LogP contribution in [-0.4, -0.2) is 34.8 Å². The average molecular weight is 243 g/mol. The number of nitrogens with zero attached hydrogens (tertiary/aromatic N) is 1. The van der Waals surface area contributed by atoms with Crippen molar-refractivity contribution in [1.82, 2.24) is 9.88 Å². The Labute approximate surface area is 99.2 Å². The zero-order chi connectivity index (χ0) is 12.1. The first-order chi connectivity index (χ1) is 7.50. The second-order valence-corrected chi connectivity index (χ2v) is 4.48. The molecule has 0 saturated heterocycles. The molecule has 0 bridgehead atoms. The largest absolute Gasteiger partial charge is 0.342 e. The molecule has 0 fully saturated rings. The first kappa shape index (κ1) is 12.8. The molecule has 16 heavy (non-hydrogen) atoms. The molecule has 4 nitrogen and oxygen atoms in total. The van der Waals surface area contributed by atoms with Crippen molar-refractivity contribution < 1.29 is 4.79 Å². The number of rotatable bonds is 4. The van der Waals surface area contributed by atoms with Gasteiger partial charge >= 0.3 is 0 Å². The molecule has 1 atom stereocenters. The number of halogens is 1. The third-order valence-corrected chi connectivity index (χ3v) is 2.46. The number of hydrogen-bond acceptors (Lipinski definition) is 2. The zero-order valence-corrected chi connectivity index (χ0v) is 10.1. The minimum atomic E-state index is -0.214. The van der Waals surface area contributed by atoms with Gasteiger partial charge in [0.2, 0.25) is 5.56 Å². The molecule has 0 spiro atoms. The van der Waals surface area contributed by atoms with Crippen LogP contribution >= 0.6 is 11.6 Å². The molecule has 1 amide bonds. The van der Waals surface area contributed by atoms with Crippen LogP contribution in [0, 0.1) is 0 Å². The Balaban J connectivity index is 2.63. The van der Waals surface area contributed by atoms with Gasteiger partial charge in [-0.3, -0.25) is 9.59 Å². The summed E-state index contributed by atoms with van der Waals surface area (Å²) < 4.78 is 0. The summed E-state index contributed by atoms with van der Waals surface area (Å²) in [6.45, 7) is 2.49. The lowest BCUT2D eigenvalue weighted by molar-refractivity contribution is 0.0793. The van der Waals surface area contributed by atoms with E-state index in [9.17, 15) is 9.59 Å². The smallest absolute Gasteiger partial charge is 0.255 e. The predicted molar refractivity (Wildman–Crippen MR) is 64.0 cm³/mol. The van der Waals surface area contributed by atoms with Gasteiger partial charge in [-0.05, 0) is 19.4 Å². The summed E-state index contributed by atoms with van der Waals surface area (Å²) in [5.41, 5.74) is 0.262. The van der Waals surface area contributed by atoms with E-state index < -0.39 is 0 Å². The van der Waals surface area contributed by atoms with Gasteiger partial charge in [0.15, 0.2) is 0 Å². The molecule has 1 aromatic heterocycles. The van der Waals surface area contributed by atoms with E-state index in [2.05, 4.69) is 4.98 Å². The lowest BCUT2D eigenvalue weighted by Gasteiger charge is -2.17. The van der Waals surface area contributed by atoms with Gasteiger partial charge in [0, 0.05) is 31.2 Å². The molecule has 88 valence electrons. The third-order valence-electron chi connectivity index (χ3n) is 2.24. The maximum atomic E-state index is 11.8. The molecule has 1 unspecified atom stereocenters. The van der Waals surface area contributed by atoms with E-state index in [1.165, 1.54) is 18.3 Å². The molecule has 0 aromatic carbocycles. The van der Waals surface area contributed by atoms with Gasteiger partial charge in [0.1, 0.15) is 0 Å². The van der Waals surface area contributed by atoms with Gasteiger partial charge in [-0.2, -0.15) is 0 Å². The number of aromatic amines is 1. The fourth-order valence-electron chi connectivity index (χ4n) is 1.24. The van der Waals surface area contributed by atoms with Crippen molar-refractivity contribution in [3.05, 3.63) is 34.2 Å². The topological polar surface area (TPSA) is 53.2 Å². The standard InChI is InChI=1S/C11H15ClN2O2/c1-8(12)5-6-14(2)11(16)9-3-4-10(15)13-7-9/h3-4,7-8H,5-6H2,1-2H3,(H,13,15). The van der Waals surface area contributed by atoms with Crippen LogP contribution in [0.15, 0.2) is 23.1 Å². The quantitative estimate of drug-likeness (QED) is 0.813. The molecule has 5 heteroatoms. The van der Waals surface area contributed by atoms with Gasteiger partial charge in [0.25, 0.3) is 5.91 Å². The predicted octanol–water partition coefficient (Wildman–Crippen LogP) is 1.46. The van der Waals surface area contributed by atoms with E-state index in [-0.39, 0.29) is 16.8 Å². The molecule has 0 saturated carbocycles. The number of carbonyl (C=O) groups is 1. The van der Waals surface area contributed by atoms with Gasteiger partial charge in [-0.25, -0.2) is 0 Å². The summed E-state index contributed by atoms with van der Waals surface area (Å²) in [6.07, 6.45) is 2.17. The molecule has 0 aliphatic rings. The number of pyridine rings is 1. The van der Waals surface area contributed by atoms with Crippen LogP contribution in [0.3, 0.4) is 0 Å². The number of alkyl halides is 1. The van der Waals surface area contributed by atoms with Crippen molar-refractivity contribution in [2.24, 2.45) is 0 Å². The third kappa shape index (κ3) is 3.70. The Morgan fingerprint density at radius 1 is 1.56 bits per heavy atom. The van der Waals surface area contributed by atoms with Crippen LogP contribution in [-0.2, 0) is 0 Å². The SMILES string of the molecule is CC(Cl)CCN(C)C(=O)c1ccc(=O)[nH]c1. The Bertz CT molecular complexity index is 394. The molecule has 1 heterocycles. The van der Waals surface area contributed by atoms with Crippen LogP contribution in [0.1, 0.15) is 23.7 Å². The molecule has 1 aromatic rings. The van der Waals surface area contributed by atoms with E-state index in [1.54, 1.807) is 11.9 Å². The van der Waals surface area contributed by atoms with Crippen molar-refractivity contribution in [2.45, 2.75) is 18.7 Å². The monoisotopic (exact) mass is 242 g/mol. The van der Waals surface area contributed by atoms with Crippen molar-refractivity contribution in [3.63, 3.8) is 0 Å². The van der Waals surface area contributed by atoms with Crippen molar-refractivity contribution >= 4 is 17.5 Å². The molecule has 1 rings (SSSR count). The maximum absolute atomic E-state index is 11.8. The number of hydrogen-bond donors (Lipinski definition) is 1. The van der Waals surface area contributed by atoms with E-state index >= 15 is 0 Å². The fraction of sp³-hybridized carbons (Fsp3) is 0.455. The second-order valence-electron chi connectivity index (χ2n) is 3.74. The second kappa shape index (κ2) is 5.70. The van der Waals surface area contributed by atoms with Crippen LogP contribution in [0.25, 0.3) is 0 Å². The molecule has 0 aliphatic carbocycles. The molecule has 0 aliphatic heterocycles. The normalized spacial score (nSPS) is 12.2. The Morgan fingerprint density at radius 2 is 2.25 bits per heavy atom.